The van der Waals surface area contributed by atoms with Crippen LogP contribution in [0.1, 0.15) is 27.7 Å². The Morgan fingerprint density at radius 2 is 2.12 bits per heavy atom. The van der Waals surface area contributed by atoms with E-state index in [9.17, 15) is 9.59 Å². The van der Waals surface area contributed by atoms with Crippen molar-refractivity contribution < 1.29 is 4.79 Å². The number of aryl methyl sites for hydroxylation is 1. The highest BCUT2D eigenvalue weighted by Gasteiger charge is 2.17. The van der Waals surface area contributed by atoms with E-state index >= 15 is 0 Å². The van der Waals surface area contributed by atoms with Crippen LogP contribution in [0.5, 0.6) is 0 Å². The van der Waals surface area contributed by atoms with Crippen LogP contribution in [-0.4, -0.2) is 35.4 Å². The summed E-state index contributed by atoms with van der Waals surface area (Å²) in [5.74, 6) is 0.0621. The molecule has 4 rings (SSSR count). The zero-order valence-electron chi connectivity index (χ0n) is 17.4. The molecule has 4 aromatic rings. The third-order valence-corrected chi connectivity index (χ3v) is 6.02. The van der Waals surface area contributed by atoms with Crippen LogP contribution in [0, 0.1) is 11.7 Å². The Kier molecular flexibility index (Phi) is 6.63. The average molecular weight is 500 g/mol. The van der Waals surface area contributed by atoms with Gasteiger partial charge in [-0.2, -0.15) is 10.2 Å². The standard InChI is InChI=1S/C21H18ClN7O2S2/c1-3-8-28-17(25-26-21(28)32)10-14-11-33-20(23-14)24-19(31)18-16(30)9-12(2)29(27-18)15-6-4-13(22)5-7-15/h3-7,9,11H,1,8,10H2,2H3,(H,26,32)(H,23,24,31). The molecule has 0 aliphatic heterocycles. The number of allylic oxidation sites excluding steroid dienone is 1. The molecular formula is C21H18ClN7O2S2. The highest BCUT2D eigenvalue weighted by molar-refractivity contribution is 7.71. The molecule has 0 aliphatic rings. The monoisotopic (exact) mass is 499 g/mol. The van der Waals surface area contributed by atoms with Gasteiger partial charge in [-0.1, -0.05) is 17.7 Å². The number of benzene rings is 1. The molecule has 0 fully saturated rings. The zero-order chi connectivity index (χ0) is 23.5. The van der Waals surface area contributed by atoms with Crippen molar-refractivity contribution in [3.05, 3.63) is 91.3 Å². The zero-order valence-corrected chi connectivity index (χ0v) is 19.8. The first-order valence-corrected chi connectivity index (χ1v) is 11.4. The molecule has 0 atom stereocenters. The summed E-state index contributed by atoms with van der Waals surface area (Å²) in [6, 6.07) is 8.29. The second kappa shape index (κ2) is 9.61. The SMILES string of the molecule is C=CCn1c(Cc2csc(NC(=O)c3nn(-c4ccc(Cl)cc4)c(C)cc3=O)n2)n[nH]c1=S. The van der Waals surface area contributed by atoms with Crippen LogP contribution in [0.2, 0.25) is 5.02 Å². The molecule has 0 saturated carbocycles. The summed E-state index contributed by atoms with van der Waals surface area (Å²) in [4.78, 5) is 29.7. The van der Waals surface area contributed by atoms with Gasteiger partial charge in [0.15, 0.2) is 15.6 Å². The largest absolute Gasteiger partial charge is 0.300 e. The van der Waals surface area contributed by atoms with E-state index in [1.54, 1.807) is 42.6 Å². The molecule has 3 aromatic heterocycles. The van der Waals surface area contributed by atoms with Crippen LogP contribution < -0.4 is 10.7 Å². The molecule has 1 amide bonds. The van der Waals surface area contributed by atoms with Crippen LogP contribution in [-0.2, 0) is 13.0 Å². The van der Waals surface area contributed by atoms with Crippen molar-refractivity contribution in [1.29, 1.82) is 0 Å². The van der Waals surface area contributed by atoms with Crippen LogP contribution in [0.4, 0.5) is 5.13 Å². The van der Waals surface area contributed by atoms with Gasteiger partial charge in [-0.15, -0.1) is 17.9 Å². The van der Waals surface area contributed by atoms with E-state index < -0.39 is 11.3 Å². The number of carbonyl (C=O) groups is 1. The Labute approximate surface area is 202 Å². The number of hydrogen-bond acceptors (Lipinski definition) is 7. The Morgan fingerprint density at radius 1 is 1.36 bits per heavy atom. The first kappa shape index (κ1) is 22.8. The van der Waals surface area contributed by atoms with E-state index in [2.05, 4.69) is 32.2 Å². The van der Waals surface area contributed by atoms with E-state index in [1.165, 1.54) is 22.1 Å². The number of aromatic nitrogens is 6. The molecule has 0 radical (unpaired) electrons. The van der Waals surface area contributed by atoms with Crippen molar-refractivity contribution in [2.75, 3.05) is 5.32 Å². The molecule has 3 heterocycles. The molecule has 0 unspecified atom stereocenters. The third-order valence-electron chi connectivity index (χ3n) is 4.65. The number of rotatable bonds is 7. The van der Waals surface area contributed by atoms with Gasteiger partial charge in [-0.25, -0.2) is 9.67 Å². The Balaban J connectivity index is 1.55. The minimum atomic E-state index is -0.641. The number of halogens is 1. The van der Waals surface area contributed by atoms with Gasteiger partial charge in [0.05, 0.1) is 17.8 Å². The number of nitrogens with one attached hydrogen (secondary N) is 2. The van der Waals surface area contributed by atoms with Crippen molar-refractivity contribution in [3.63, 3.8) is 0 Å². The molecule has 168 valence electrons. The lowest BCUT2D eigenvalue weighted by Crippen LogP contribution is -2.26. The number of hydrogen-bond donors (Lipinski definition) is 2. The van der Waals surface area contributed by atoms with Crippen molar-refractivity contribution in [2.24, 2.45) is 0 Å². The van der Waals surface area contributed by atoms with Gasteiger partial charge in [0.25, 0.3) is 5.91 Å². The molecule has 0 bridgehead atoms. The van der Waals surface area contributed by atoms with Gasteiger partial charge in [0.2, 0.25) is 5.43 Å². The second-order valence-corrected chi connectivity index (χ2v) is 8.69. The minimum Gasteiger partial charge on any atom is -0.300 e. The molecule has 0 saturated heterocycles. The maximum Gasteiger partial charge on any atom is 0.281 e. The first-order valence-electron chi connectivity index (χ1n) is 9.73. The number of amides is 1. The molecule has 12 heteroatoms. The predicted molar refractivity (Wildman–Crippen MR) is 130 cm³/mol. The smallest absolute Gasteiger partial charge is 0.281 e. The maximum absolute atomic E-state index is 12.8. The van der Waals surface area contributed by atoms with E-state index in [-0.39, 0.29) is 5.69 Å². The van der Waals surface area contributed by atoms with Gasteiger partial charge in [0.1, 0.15) is 5.82 Å². The van der Waals surface area contributed by atoms with Crippen molar-refractivity contribution in [2.45, 2.75) is 19.9 Å². The molecular weight excluding hydrogens is 482 g/mol. The molecule has 9 nitrogen and oxygen atoms in total. The second-order valence-electron chi connectivity index (χ2n) is 7.01. The number of anilines is 1. The third kappa shape index (κ3) is 5.00. The highest BCUT2D eigenvalue weighted by atomic mass is 35.5. The van der Waals surface area contributed by atoms with Gasteiger partial charge >= 0.3 is 0 Å². The number of thiazole rings is 1. The number of nitrogens with zero attached hydrogens (tertiary/aromatic N) is 5. The maximum atomic E-state index is 12.8. The summed E-state index contributed by atoms with van der Waals surface area (Å²) in [5, 5.41) is 16.6. The van der Waals surface area contributed by atoms with Crippen LogP contribution in [0.3, 0.4) is 0 Å². The van der Waals surface area contributed by atoms with Gasteiger partial charge in [0, 0.05) is 28.7 Å². The van der Waals surface area contributed by atoms with E-state index in [1.807, 2.05) is 4.57 Å². The van der Waals surface area contributed by atoms with Crippen LogP contribution >= 0.6 is 35.2 Å². The quantitative estimate of drug-likeness (QED) is 0.294. The Hall–Kier alpha value is -3.41. The Morgan fingerprint density at radius 3 is 2.85 bits per heavy atom. The minimum absolute atomic E-state index is 0.237. The molecule has 0 aliphatic carbocycles. The molecule has 2 N–H and O–H groups in total. The summed E-state index contributed by atoms with van der Waals surface area (Å²) in [6.07, 6.45) is 2.15. The van der Waals surface area contributed by atoms with E-state index in [4.69, 9.17) is 23.8 Å². The van der Waals surface area contributed by atoms with E-state index in [0.717, 1.165) is 0 Å². The highest BCUT2D eigenvalue weighted by Crippen LogP contribution is 2.19. The lowest BCUT2D eigenvalue weighted by atomic mass is 10.2. The lowest BCUT2D eigenvalue weighted by Gasteiger charge is -2.11. The molecule has 33 heavy (non-hydrogen) atoms. The Bertz CT molecular complexity index is 1450. The number of carbonyl (C=O) groups excluding carboxylic acids is 1. The summed E-state index contributed by atoms with van der Waals surface area (Å²) in [6.45, 7) is 5.98. The number of H-pyrrole nitrogens is 1. The van der Waals surface area contributed by atoms with Crippen molar-refractivity contribution in [3.8, 4) is 5.69 Å². The summed E-state index contributed by atoms with van der Waals surface area (Å²) in [5.41, 5.74) is 1.25. The van der Waals surface area contributed by atoms with Gasteiger partial charge < -0.3 is 0 Å². The average Bonchev–Trinajstić information content (AvgIpc) is 3.36. The van der Waals surface area contributed by atoms with E-state index in [0.29, 0.717) is 50.8 Å². The first-order chi connectivity index (χ1) is 15.9. The molecule has 0 spiro atoms. The fourth-order valence-electron chi connectivity index (χ4n) is 3.11. The summed E-state index contributed by atoms with van der Waals surface area (Å²) < 4.78 is 3.83. The van der Waals surface area contributed by atoms with Crippen molar-refractivity contribution in [1.82, 2.24) is 29.5 Å². The number of aromatic amines is 1. The summed E-state index contributed by atoms with van der Waals surface area (Å²) in [7, 11) is 0. The molecule has 1 aromatic carbocycles. The summed E-state index contributed by atoms with van der Waals surface area (Å²) >= 11 is 12.4. The predicted octanol–water partition coefficient (Wildman–Crippen LogP) is 3.93. The van der Waals surface area contributed by atoms with Crippen LogP contribution in [0.15, 0.2) is 53.2 Å². The fourth-order valence-corrected chi connectivity index (χ4v) is 4.17. The van der Waals surface area contributed by atoms with Gasteiger partial charge in [-0.05, 0) is 43.4 Å². The van der Waals surface area contributed by atoms with Crippen molar-refractivity contribution >= 4 is 46.2 Å². The lowest BCUT2D eigenvalue weighted by molar-refractivity contribution is 0.101. The fraction of sp³-hybridized carbons (Fsp3) is 0.143. The normalized spacial score (nSPS) is 10.8. The topological polar surface area (TPSA) is 110 Å². The van der Waals surface area contributed by atoms with Crippen LogP contribution in [0.25, 0.3) is 5.69 Å². The van der Waals surface area contributed by atoms with Gasteiger partial charge in [-0.3, -0.25) is 24.6 Å².